The Morgan fingerprint density at radius 1 is 1.28 bits per heavy atom. The number of nitrogens with zero attached hydrogens (tertiary/aromatic N) is 2. The highest BCUT2D eigenvalue weighted by molar-refractivity contribution is 5.92. The Bertz CT molecular complexity index is 1110. The molecule has 0 aliphatic carbocycles. The minimum absolute atomic E-state index is 0.143. The Balaban J connectivity index is 1.60. The number of nitrogens with one attached hydrogen (secondary N) is 2. The number of anilines is 2. The Kier molecular flexibility index (Phi) is 6.70. The van der Waals surface area contributed by atoms with Crippen molar-refractivity contribution in [3.05, 3.63) is 72.0 Å². The van der Waals surface area contributed by atoms with E-state index in [2.05, 4.69) is 46.2 Å². The molecule has 4 rings (SSSR count). The number of fused-ring (bicyclic) bond motifs is 1. The van der Waals surface area contributed by atoms with Gasteiger partial charge in [0.15, 0.2) is 0 Å². The minimum Gasteiger partial charge on any atom is -0.494 e. The molecule has 0 saturated carbocycles. The Labute approximate surface area is 189 Å². The summed E-state index contributed by atoms with van der Waals surface area (Å²) < 4.78 is 19.9. The lowest BCUT2D eigenvalue weighted by molar-refractivity contribution is 0.0315. The Hall–Kier alpha value is -2.99. The molecule has 1 atom stereocenters. The molecule has 1 fully saturated rings. The number of rotatable bonds is 9. The van der Waals surface area contributed by atoms with Crippen LogP contribution < -0.4 is 10.6 Å². The smallest absolute Gasteiger partial charge is 0.141 e. The van der Waals surface area contributed by atoms with Crippen LogP contribution >= 0.6 is 0 Å². The van der Waals surface area contributed by atoms with Gasteiger partial charge in [0.2, 0.25) is 0 Å². The second kappa shape index (κ2) is 9.65. The molecule has 1 unspecified atom stereocenters. The van der Waals surface area contributed by atoms with Crippen LogP contribution in [0.1, 0.15) is 42.9 Å². The number of halogens is 1. The van der Waals surface area contributed by atoms with Gasteiger partial charge in [0.1, 0.15) is 23.6 Å². The molecule has 0 spiro atoms. The van der Waals surface area contributed by atoms with Crippen molar-refractivity contribution in [2.24, 2.45) is 0 Å². The van der Waals surface area contributed by atoms with E-state index in [0.29, 0.717) is 17.1 Å². The molecule has 6 heteroatoms. The zero-order chi connectivity index (χ0) is 22.6. The molecule has 1 aromatic heterocycles. The second-order valence-corrected chi connectivity index (χ2v) is 8.50. The highest BCUT2D eigenvalue weighted by Crippen LogP contribution is 2.31. The SMILES string of the molecule is C=COC1(CCCc2cc3c(Nc4cccc(F)c4C)ncnc3cc2CC)CCNC1. The fourth-order valence-electron chi connectivity index (χ4n) is 4.59. The lowest BCUT2D eigenvalue weighted by Gasteiger charge is -2.27. The Morgan fingerprint density at radius 3 is 2.91 bits per heavy atom. The fourth-order valence-corrected chi connectivity index (χ4v) is 4.59. The van der Waals surface area contributed by atoms with Crippen molar-refractivity contribution in [1.82, 2.24) is 15.3 Å². The molecule has 1 saturated heterocycles. The van der Waals surface area contributed by atoms with E-state index in [1.165, 1.54) is 17.2 Å². The van der Waals surface area contributed by atoms with Crippen LogP contribution in [-0.4, -0.2) is 28.7 Å². The standard InChI is InChI=1S/C26H31FN4O/c1-4-19-15-24-21(14-20(19)8-7-11-26(32-5-2)12-13-28-16-26)25(30-17-29-24)31-23-10-6-9-22(27)18(23)3/h5-6,9-10,14-15,17,28H,2,4,7-8,11-13,16H2,1,3H3,(H,29,30,31). The van der Waals surface area contributed by atoms with Crippen LogP contribution in [0.25, 0.3) is 10.9 Å². The van der Waals surface area contributed by atoms with Gasteiger partial charge < -0.3 is 15.4 Å². The topological polar surface area (TPSA) is 59.1 Å². The highest BCUT2D eigenvalue weighted by Gasteiger charge is 2.34. The molecule has 32 heavy (non-hydrogen) atoms. The molecule has 1 aliphatic heterocycles. The molecule has 2 N–H and O–H groups in total. The summed E-state index contributed by atoms with van der Waals surface area (Å²) in [5.74, 6) is 0.457. The van der Waals surface area contributed by atoms with Crippen LogP contribution in [0.2, 0.25) is 0 Å². The quantitative estimate of drug-likeness (QED) is 0.430. The molecule has 3 aromatic rings. The van der Waals surface area contributed by atoms with Gasteiger partial charge in [-0.05, 0) is 74.5 Å². The zero-order valence-corrected chi connectivity index (χ0v) is 18.9. The van der Waals surface area contributed by atoms with Crippen molar-refractivity contribution in [2.45, 2.75) is 51.6 Å². The number of aryl methyl sites for hydroxylation is 2. The number of hydrogen-bond acceptors (Lipinski definition) is 5. The largest absolute Gasteiger partial charge is 0.494 e. The van der Waals surface area contributed by atoms with Crippen molar-refractivity contribution in [1.29, 1.82) is 0 Å². The van der Waals surface area contributed by atoms with Gasteiger partial charge in [0.25, 0.3) is 0 Å². The van der Waals surface area contributed by atoms with Gasteiger partial charge in [-0.2, -0.15) is 0 Å². The predicted molar refractivity (Wildman–Crippen MR) is 128 cm³/mol. The summed E-state index contributed by atoms with van der Waals surface area (Å²) >= 11 is 0. The molecule has 0 radical (unpaired) electrons. The third-order valence-electron chi connectivity index (χ3n) is 6.47. The van der Waals surface area contributed by atoms with E-state index >= 15 is 0 Å². The average molecular weight is 435 g/mol. The van der Waals surface area contributed by atoms with Crippen molar-refractivity contribution in [3.63, 3.8) is 0 Å². The van der Waals surface area contributed by atoms with Gasteiger partial charge in [-0.25, -0.2) is 14.4 Å². The van der Waals surface area contributed by atoms with Crippen LogP contribution in [-0.2, 0) is 17.6 Å². The van der Waals surface area contributed by atoms with Gasteiger partial charge in [-0.3, -0.25) is 0 Å². The van der Waals surface area contributed by atoms with Gasteiger partial charge in [-0.15, -0.1) is 0 Å². The molecule has 168 valence electrons. The lowest BCUT2D eigenvalue weighted by atomic mass is 9.91. The van der Waals surface area contributed by atoms with E-state index in [1.807, 2.05) is 6.07 Å². The van der Waals surface area contributed by atoms with E-state index in [4.69, 9.17) is 4.74 Å². The summed E-state index contributed by atoms with van der Waals surface area (Å²) in [6, 6.07) is 9.38. The maximum atomic E-state index is 14.0. The fraction of sp³-hybridized carbons (Fsp3) is 0.385. The first-order chi connectivity index (χ1) is 15.5. The molecule has 0 bridgehead atoms. The summed E-state index contributed by atoms with van der Waals surface area (Å²) in [7, 11) is 0. The highest BCUT2D eigenvalue weighted by atomic mass is 19.1. The summed E-state index contributed by atoms with van der Waals surface area (Å²) in [6.07, 6.45) is 8.03. The first-order valence-electron chi connectivity index (χ1n) is 11.3. The zero-order valence-electron chi connectivity index (χ0n) is 18.9. The van der Waals surface area contributed by atoms with Gasteiger partial charge in [0.05, 0.1) is 11.8 Å². The van der Waals surface area contributed by atoms with Crippen LogP contribution in [0.3, 0.4) is 0 Å². The van der Waals surface area contributed by atoms with E-state index < -0.39 is 0 Å². The van der Waals surface area contributed by atoms with Crippen molar-refractivity contribution in [2.75, 3.05) is 18.4 Å². The van der Waals surface area contributed by atoms with Crippen molar-refractivity contribution >= 4 is 22.4 Å². The molecular weight excluding hydrogens is 403 g/mol. The summed E-state index contributed by atoms with van der Waals surface area (Å²) in [6.45, 7) is 9.54. The predicted octanol–water partition coefficient (Wildman–Crippen LogP) is 5.60. The van der Waals surface area contributed by atoms with E-state index in [0.717, 1.165) is 56.1 Å². The number of benzene rings is 2. The van der Waals surface area contributed by atoms with E-state index in [1.54, 1.807) is 25.6 Å². The molecule has 2 aromatic carbocycles. The van der Waals surface area contributed by atoms with Crippen molar-refractivity contribution < 1.29 is 9.13 Å². The summed E-state index contributed by atoms with van der Waals surface area (Å²) in [4.78, 5) is 8.95. The van der Waals surface area contributed by atoms with Gasteiger partial charge in [0, 0.05) is 29.6 Å². The van der Waals surface area contributed by atoms with Gasteiger partial charge in [-0.1, -0.05) is 19.6 Å². The maximum Gasteiger partial charge on any atom is 0.141 e. The van der Waals surface area contributed by atoms with Crippen LogP contribution in [0.15, 0.2) is 49.5 Å². The summed E-state index contributed by atoms with van der Waals surface area (Å²) in [5, 5.41) is 7.67. The molecule has 2 heterocycles. The lowest BCUT2D eigenvalue weighted by Crippen LogP contribution is -2.33. The maximum absolute atomic E-state index is 14.0. The first-order valence-corrected chi connectivity index (χ1v) is 11.3. The van der Waals surface area contributed by atoms with Crippen LogP contribution in [0.5, 0.6) is 0 Å². The molecule has 0 amide bonds. The third kappa shape index (κ3) is 4.60. The second-order valence-electron chi connectivity index (χ2n) is 8.50. The average Bonchev–Trinajstić information content (AvgIpc) is 3.25. The monoisotopic (exact) mass is 434 g/mol. The first kappa shape index (κ1) is 22.2. The minimum atomic E-state index is -0.237. The third-order valence-corrected chi connectivity index (χ3v) is 6.47. The van der Waals surface area contributed by atoms with Gasteiger partial charge >= 0.3 is 0 Å². The normalized spacial score (nSPS) is 18.1. The summed E-state index contributed by atoms with van der Waals surface area (Å²) in [5.41, 5.74) is 4.63. The van der Waals surface area contributed by atoms with Crippen molar-refractivity contribution in [3.8, 4) is 0 Å². The number of ether oxygens (including phenoxy) is 1. The van der Waals surface area contributed by atoms with E-state index in [-0.39, 0.29) is 11.4 Å². The molecule has 1 aliphatic rings. The van der Waals surface area contributed by atoms with Crippen LogP contribution in [0.4, 0.5) is 15.9 Å². The molecular formula is C26H31FN4O. The van der Waals surface area contributed by atoms with E-state index in [9.17, 15) is 4.39 Å². The number of aromatic nitrogens is 2. The molecule has 5 nitrogen and oxygen atoms in total. The Morgan fingerprint density at radius 2 is 2.16 bits per heavy atom. The van der Waals surface area contributed by atoms with Crippen LogP contribution in [0, 0.1) is 12.7 Å². The number of hydrogen-bond donors (Lipinski definition) is 2.